The van der Waals surface area contributed by atoms with Crippen LogP contribution in [0.2, 0.25) is 0 Å². The molecule has 1 N–H and O–H groups in total. The molecule has 2 rings (SSSR count). The Hall–Kier alpha value is -2.16. The van der Waals surface area contributed by atoms with Crippen molar-refractivity contribution in [2.75, 3.05) is 7.05 Å². The maximum atomic E-state index is 13.9. The van der Waals surface area contributed by atoms with E-state index in [1.165, 1.54) is 6.07 Å². The second-order valence-electron chi connectivity index (χ2n) is 3.98. The zero-order valence-corrected chi connectivity index (χ0v) is 10.1. The number of hydrogen-bond acceptors (Lipinski definition) is 1. The Balaban J connectivity index is 2.48. The molecule has 0 saturated carbocycles. The van der Waals surface area contributed by atoms with Crippen LogP contribution in [0.1, 0.15) is 5.56 Å². The Morgan fingerprint density at radius 3 is 2.50 bits per heavy atom. The van der Waals surface area contributed by atoms with E-state index in [0.717, 1.165) is 11.1 Å². The molecule has 2 nitrogen and oxygen atoms in total. The van der Waals surface area contributed by atoms with Gasteiger partial charge in [0, 0.05) is 12.6 Å². The van der Waals surface area contributed by atoms with E-state index in [1.807, 2.05) is 36.4 Å². The average molecular weight is 243 g/mol. The fourth-order valence-electron chi connectivity index (χ4n) is 1.88. The Kier molecular flexibility index (Phi) is 3.72. The quantitative estimate of drug-likeness (QED) is 0.882. The SMILES string of the molecule is CNC(=O)Cc1c(F)cccc1-c1ccccc1. The monoisotopic (exact) mass is 243 g/mol. The molecule has 1 amide bonds. The first-order chi connectivity index (χ1) is 8.72. The van der Waals surface area contributed by atoms with Crippen molar-refractivity contribution in [1.82, 2.24) is 5.32 Å². The van der Waals surface area contributed by atoms with Crippen molar-refractivity contribution in [1.29, 1.82) is 0 Å². The largest absolute Gasteiger partial charge is 0.359 e. The minimum Gasteiger partial charge on any atom is -0.359 e. The lowest BCUT2D eigenvalue weighted by Gasteiger charge is -2.10. The van der Waals surface area contributed by atoms with Gasteiger partial charge in [0.2, 0.25) is 5.91 Å². The number of halogens is 1. The number of nitrogens with one attached hydrogen (secondary N) is 1. The molecule has 3 heteroatoms. The first-order valence-corrected chi connectivity index (χ1v) is 5.75. The molecule has 18 heavy (non-hydrogen) atoms. The van der Waals surface area contributed by atoms with Crippen LogP contribution < -0.4 is 5.32 Å². The van der Waals surface area contributed by atoms with E-state index >= 15 is 0 Å². The molecule has 0 radical (unpaired) electrons. The van der Waals surface area contributed by atoms with Gasteiger partial charge >= 0.3 is 0 Å². The van der Waals surface area contributed by atoms with Crippen molar-refractivity contribution in [2.45, 2.75) is 6.42 Å². The number of likely N-dealkylation sites (N-methyl/N-ethyl adjacent to an activating group) is 1. The summed E-state index contributed by atoms with van der Waals surface area (Å²) >= 11 is 0. The van der Waals surface area contributed by atoms with E-state index in [0.29, 0.717) is 5.56 Å². The molecule has 2 aromatic carbocycles. The first-order valence-electron chi connectivity index (χ1n) is 5.75. The van der Waals surface area contributed by atoms with Crippen molar-refractivity contribution >= 4 is 5.91 Å². The van der Waals surface area contributed by atoms with E-state index < -0.39 is 0 Å². The molecule has 92 valence electrons. The van der Waals surface area contributed by atoms with Crippen LogP contribution >= 0.6 is 0 Å². The number of amides is 1. The van der Waals surface area contributed by atoms with Gasteiger partial charge in [-0.3, -0.25) is 4.79 Å². The van der Waals surface area contributed by atoms with E-state index in [-0.39, 0.29) is 18.1 Å². The molecular weight excluding hydrogens is 229 g/mol. The summed E-state index contributed by atoms with van der Waals surface area (Å²) in [6.45, 7) is 0. The highest BCUT2D eigenvalue weighted by atomic mass is 19.1. The van der Waals surface area contributed by atoms with Gasteiger partial charge in [0.1, 0.15) is 5.82 Å². The molecule has 0 aromatic heterocycles. The molecule has 0 unspecified atom stereocenters. The first kappa shape index (κ1) is 12.3. The molecule has 0 heterocycles. The zero-order valence-electron chi connectivity index (χ0n) is 10.1. The van der Waals surface area contributed by atoms with Gasteiger partial charge in [0.15, 0.2) is 0 Å². The highest BCUT2D eigenvalue weighted by Crippen LogP contribution is 2.25. The molecule has 0 saturated heterocycles. The summed E-state index contributed by atoms with van der Waals surface area (Å²) < 4.78 is 13.9. The van der Waals surface area contributed by atoms with E-state index in [4.69, 9.17) is 0 Å². The lowest BCUT2D eigenvalue weighted by Crippen LogP contribution is -2.21. The summed E-state index contributed by atoms with van der Waals surface area (Å²) in [7, 11) is 1.55. The van der Waals surface area contributed by atoms with Crippen molar-refractivity contribution in [3.63, 3.8) is 0 Å². The van der Waals surface area contributed by atoms with Gasteiger partial charge in [0.05, 0.1) is 6.42 Å². The van der Waals surface area contributed by atoms with Crippen LogP contribution in [0.3, 0.4) is 0 Å². The van der Waals surface area contributed by atoms with Gasteiger partial charge < -0.3 is 5.32 Å². The Morgan fingerprint density at radius 1 is 1.11 bits per heavy atom. The van der Waals surface area contributed by atoms with Gasteiger partial charge in [-0.25, -0.2) is 4.39 Å². The van der Waals surface area contributed by atoms with Crippen LogP contribution in [0.15, 0.2) is 48.5 Å². The normalized spacial score (nSPS) is 10.1. The molecule has 0 aliphatic carbocycles. The summed E-state index contributed by atoms with van der Waals surface area (Å²) in [4.78, 5) is 11.4. The third-order valence-corrected chi connectivity index (χ3v) is 2.82. The second kappa shape index (κ2) is 5.45. The van der Waals surface area contributed by atoms with Crippen molar-refractivity contribution in [2.24, 2.45) is 0 Å². The van der Waals surface area contributed by atoms with Crippen LogP contribution in [-0.2, 0) is 11.2 Å². The zero-order chi connectivity index (χ0) is 13.0. The third-order valence-electron chi connectivity index (χ3n) is 2.82. The second-order valence-corrected chi connectivity index (χ2v) is 3.98. The third kappa shape index (κ3) is 2.56. The van der Waals surface area contributed by atoms with Gasteiger partial charge in [0.25, 0.3) is 0 Å². The maximum absolute atomic E-state index is 13.9. The van der Waals surface area contributed by atoms with Crippen molar-refractivity contribution in [3.8, 4) is 11.1 Å². The summed E-state index contributed by atoms with van der Waals surface area (Å²) in [5.41, 5.74) is 2.11. The highest BCUT2D eigenvalue weighted by molar-refractivity contribution is 5.81. The molecule has 0 aliphatic rings. The number of carbonyl (C=O) groups is 1. The molecule has 2 aromatic rings. The van der Waals surface area contributed by atoms with Crippen LogP contribution in [0, 0.1) is 5.82 Å². The minimum absolute atomic E-state index is 0.0490. The highest BCUT2D eigenvalue weighted by Gasteiger charge is 2.12. The van der Waals surface area contributed by atoms with Gasteiger partial charge in [-0.1, -0.05) is 42.5 Å². The molecule has 0 atom stereocenters. The predicted molar refractivity (Wildman–Crippen MR) is 69.6 cm³/mol. The smallest absolute Gasteiger partial charge is 0.224 e. The molecular formula is C15H14FNO. The summed E-state index contributed by atoms with van der Waals surface area (Å²) in [5.74, 6) is -0.544. The number of carbonyl (C=O) groups excluding carboxylic acids is 1. The lowest BCUT2D eigenvalue weighted by molar-refractivity contribution is -0.120. The summed E-state index contributed by atoms with van der Waals surface area (Å²) in [5, 5.41) is 2.51. The topological polar surface area (TPSA) is 29.1 Å². The Bertz CT molecular complexity index is 552. The van der Waals surface area contributed by atoms with Crippen molar-refractivity contribution < 1.29 is 9.18 Å². The molecule has 0 spiro atoms. The van der Waals surface area contributed by atoms with E-state index in [2.05, 4.69) is 5.32 Å². The van der Waals surface area contributed by atoms with E-state index in [9.17, 15) is 9.18 Å². The van der Waals surface area contributed by atoms with Crippen LogP contribution in [0.5, 0.6) is 0 Å². The average Bonchev–Trinajstić information content (AvgIpc) is 2.42. The Morgan fingerprint density at radius 2 is 1.83 bits per heavy atom. The summed E-state index contributed by atoms with van der Waals surface area (Å²) in [6, 6.07) is 14.4. The standard InChI is InChI=1S/C15H14FNO/c1-17-15(18)10-13-12(8-5-9-14(13)16)11-6-3-2-4-7-11/h2-9H,10H2,1H3,(H,17,18). The minimum atomic E-state index is -0.347. The molecule has 0 bridgehead atoms. The molecule has 0 fully saturated rings. The number of rotatable bonds is 3. The molecule has 0 aliphatic heterocycles. The number of hydrogen-bond donors (Lipinski definition) is 1. The van der Waals surface area contributed by atoms with Gasteiger partial charge in [-0.2, -0.15) is 0 Å². The number of benzene rings is 2. The van der Waals surface area contributed by atoms with Gasteiger partial charge in [-0.05, 0) is 17.2 Å². The van der Waals surface area contributed by atoms with E-state index in [1.54, 1.807) is 13.1 Å². The van der Waals surface area contributed by atoms with Crippen molar-refractivity contribution in [3.05, 3.63) is 59.9 Å². The fraction of sp³-hybridized carbons (Fsp3) is 0.133. The lowest BCUT2D eigenvalue weighted by atomic mass is 9.97. The maximum Gasteiger partial charge on any atom is 0.224 e. The van der Waals surface area contributed by atoms with Crippen LogP contribution in [0.25, 0.3) is 11.1 Å². The van der Waals surface area contributed by atoms with Gasteiger partial charge in [-0.15, -0.1) is 0 Å². The predicted octanol–water partition coefficient (Wildman–Crippen LogP) is 2.78. The summed E-state index contributed by atoms with van der Waals surface area (Å²) in [6.07, 6.45) is 0.0490. The van der Waals surface area contributed by atoms with Crippen LogP contribution in [-0.4, -0.2) is 13.0 Å². The fourth-order valence-corrected chi connectivity index (χ4v) is 1.88. The van der Waals surface area contributed by atoms with Crippen LogP contribution in [0.4, 0.5) is 4.39 Å². The Labute approximate surface area is 105 Å².